The maximum absolute atomic E-state index is 6.01. The van der Waals surface area contributed by atoms with Gasteiger partial charge in [-0.3, -0.25) is 4.57 Å². The molecule has 1 aliphatic rings. The van der Waals surface area contributed by atoms with Crippen LogP contribution >= 0.6 is 0 Å². The average Bonchev–Trinajstić information content (AvgIpc) is 2.67. The fourth-order valence-electron chi connectivity index (χ4n) is 2.95. The van der Waals surface area contributed by atoms with Crippen LogP contribution in [0.3, 0.4) is 0 Å². The van der Waals surface area contributed by atoms with Crippen molar-refractivity contribution in [3.63, 3.8) is 0 Å². The van der Waals surface area contributed by atoms with Crippen LogP contribution in [0.5, 0.6) is 0 Å². The van der Waals surface area contributed by atoms with Crippen molar-refractivity contribution in [1.29, 1.82) is 0 Å². The maximum atomic E-state index is 6.01. The van der Waals surface area contributed by atoms with Gasteiger partial charge in [0.15, 0.2) is 0 Å². The van der Waals surface area contributed by atoms with Gasteiger partial charge in [-0.1, -0.05) is 34.6 Å². The van der Waals surface area contributed by atoms with Crippen LogP contribution < -0.4 is 0 Å². The van der Waals surface area contributed by atoms with Crippen molar-refractivity contribution in [2.45, 2.75) is 58.5 Å². The van der Waals surface area contributed by atoms with Crippen molar-refractivity contribution < 1.29 is 8.85 Å². The van der Waals surface area contributed by atoms with Crippen molar-refractivity contribution in [1.82, 2.24) is 4.57 Å². The fraction of sp³-hybridized carbons (Fsp3) is 1.00. The largest absolute Gasteiger partial charge is 0.433 e. The van der Waals surface area contributed by atoms with Crippen LogP contribution in [0.15, 0.2) is 0 Å². The summed E-state index contributed by atoms with van der Waals surface area (Å²) in [5.74, 6) is 0.543. The lowest BCUT2D eigenvalue weighted by Crippen LogP contribution is -2.66. The summed E-state index contributed by atoms with van der Waals surface area (Å²) in [7, 11) is 1.32. The van der Waals surface area contributed by atoms with E-state index in [4.69, 9.17) is 8.85 Å². The standard InChI is InChI=1S/C13H29NO2Si/c1-11(2)13(4,5)17(15-6,16-7)14-10-8-9-12(14)3/h11-12H,8-10H2,1-7H3. The summed E-state index contributed by atoms with van der Waals surface area (Å²) in [6.07, 6.45) is 2.52. The van der Waals surface area contributed by atoms with Gasteiger partial charge in [0.1, 0.15) is 0 Å². The zero-order valence-electron chi connectivity index (χ0n) is 12.5. The second-order valence-electron chi connectivity index (χ2n) is 6.05. The highest BCUT2D eigenvalue weighted by Gasteiger charge is 2.59. The minimum absolute atomic E-state index is 0.0785. The Morgan fingerprint density at radius 3 is 2.06 bits per heavy atom. The van der Waals surface area contributed by atoms with Crippen molar-refractivity contribution in [3.05, 3.63) is 0 Å². The summed E-state index contributed by atoms with van der Waals surface area (Å²) in [6, 6.07) is 0.583. The van der Waals surface area contributed by atoms with Gasteiger partial charge in [0.2, 0.25) is 0 Å². The predicted molar refractivity (Wildman–Crippen MR) is 74.1 cm³/mol. The highest BCUT2D eigenvalue weighted by atomic mass is 28.4. The third kappa shape index (κ3) is 2.32. The van der Waals surface area contributed by atoms with Gasteiger partial charge < -0.3 is 8.85 Å². The molecule has 17 heavy (non-hydrogen) atoms. The van der Waals surface area contributed by atoms with E-state index >= 15 is 0 Å². The molecule has 0 N–H and O–H groups in total. The average molecular weight is 259 g/mol. The molecule has 1 saturated heterocycles. The van der Waals surface area contributed by atoms with Crippen LogP contribution in [0, 0.1) is 5.92 Å². The summed E-state index contributed by atoms with van der Waals surface area (Å²) in [5, 5.41) is 0.0785. The lowest BCUT2D eigenvalue weighted by Gasteiger charge is -2.49. The normalized spacial score (nSPS) is 23.6. The maximum Gasteiger partial charge on any atom is 0.433 e. The van der Waals surface area contributed by atoms with Crippen molar-refractivity contribution in [2.75, 3.05) is 20.8 Å². The van der Waals surface area contributed by atoms with E-state index < -0.39 is 8.72 Å². The van der Waals surface area contributed by atoms with Crippen LogP contribution in [0.4, 0.5) is 0 Å². The first-order chi connectivity index (χ1) is 7.83. The molecule has 3 nitrogen and oxygen atoms in total. The molecule has 0 radical (unpaired) electrons. The summed E-state index contributed by atoms with van der Waals surface area (Å²) in [6.45, 7) is 12.5. The van der Waals surface area contributed by atoms with E-state index in [-0.39, 0.29) is 5.04 Å². The molecule has 0 aliphatic carbocycles. The molecule has 0 aromatic carbocycles. The first kappa shape index (κ1) is 15.2. The third-order valence-electron chi connectivity index (χ3n) is 4.74. The summed E-state index contributed by atoms with van der Waals surface area (Å²) in [5.41, 5.74) is 0. The molecule has 1 atom stereocenters. The fourth-order valence-corrected chi connectivity index (χ4v) is 7.27. The second kappa shape index (κ2) is 5.39. The van der Waals surface area contributed by atoms with Gasteiger partial charge in [-0.25, -0.2) is 0 Å². The van der Waals surface area contributed by atoms with Gasteiger partial charge in [0.05, 0.1) is 0 Å². The van der Waals surface area contributed by atoms with Crippen molar-refractivity contribution in [3.8, 4) is 0 Å². The van der Waals surface area contributed by atoms with Gasteiger partial charge in [-0.15, -0.1) is 0 Å². The van der Waals surface area contributed by atoms with Crippen LogP contribution in [0.1, 0.15) is 47.5 Å². The van der Waals surface area contributed by atoms with Crippen molar-refractivity contribution in [2.24, 2.45) is 5.92 Å². The molecule has 1 heterocycles. The molecule has 1 rings (SSSR count). The molecule has 0 saturated carbocycles. The molecular weight excluding hydrogens is 230 g/mol. The van der Waals surface area contributed by atoms with Gasteiger partial charge in [0, 0.05) is 25.3 Å². The van der Waals surface area contributed by atoms with E-state index in [0.29, 0.717) is 12.0 Å². The first-order valence-electron chi connectivity index (χ1n) is 6.70. The Labute approximate surface area is 108 Å². The molecule has 102 valence electrons. The Morgan fingerprint density at radius 1 is 1.24 bits per heavy atom. The van der Waals surface area contributed by atoms with E-state index in [0.717, 1.165) is 6.54 Å². The summed E-state index contributed by atoms with van der Waals surface area (Å²) >= 11 is 0. The molecular formula is C13H29NO2Si. The molecule has 0 bridgehead atoms. The van der Waals surface area contributed by atoms with Crippen LogP contribution in [-0.2, 0) is 8.85 Å². The van der Waals surface area contributed by atoms with Crippen LogP contribution in [0.2, 0.25) is 5.04 Å². The number of rotatable bonds is 5. The van der Waals surface area contributed by atoms with E-state index in [1.54, 1.807) is 0 Å². The molecule has 1 fully saturated rings. The highest BCUT2D eigenvalue weighted by Crippen LogP contribution is 2.48. The quantitative estimate of drug-likeness (QED) is 0.708. The highest BCUT2D eigenvalue weighted by molar-refractivity contribution is 6.68. The van der Waals surface area contributed by atoms with Gasteiger partial charge in [-0.2, -0.15) is 0 Å². The van der Waals surface area contributed by atoms with Gasteiger partial charge in [0.25, 0.3) is 0 Å². The minimum atomic E-state index is -2.33. The Bertz CT molecular complexity index is 252. The third-order valence-corrected chi connectivity index (χ3v) is 9.48. The number of hydrogen-bond donors (Lipinski definition) is 0. The molecule has 1 aliphatic heterocycles. The lowest BCUT2D eigenvalue weighted by molar-refractivity contribution is 0.117. The van der Waals surface area contributed by atoms with E-state index in [2.05, 4.69) is 39.2 Å². The first-order valence-corrected chi connectivity index (χ1v) is 8.47. The Kier molecular flexibility index (Phi) is 4.80. The second-order valence-corrected chi connectivity index (χ2v) is 9.89. The van der Waals surface area contributed by atoms with E-state index in [1.807, 2.05) is 14.2 Å². The zero-order chi connectivity index (χ0) is 13.3. The minimum Gasteiger partial charge on any atom is -0.386 e. The lowest BCUT2D eigenvalue weighted by atomic mass is 9.99. The predicted octanol–water partition coefficient (Wildman–Crippen LogP) is 3.14. The summed E-state index contributed by atoms with van der Waals surface area (Å²) in [4.78, 5) is 0. The molecule has 0 aromatic heterocycles. The smallest absolute Gasteiger partial charge is 0.386 e. The Balaban J connectivity index is 3.12. The topological polar surface area (TPSA) is 21.7 Å². The molecule has 4 heteroatoms. The summed E-state index contributed by atoms with van der Waals surface area (Å²) < 4.78 is 14.5. The molecule has 0 spiro atoms. The van der Waals surface area contributed by atoms with Gasteiger partial charge in [-0.05, 0) is 25.3 Å². The zero-order valence-corrected chi connectivity index (χ0v) is 13.5. The van der Waals surface area contributed by atoms with E-state index in [9.17, 15) is 0 Å². The van der Waals surface area contributed by atoms with Crippen molar-refractivity contribution >= 4 is 8.72 Å². The van der Waals surface area contributed by atoms with Crippen LogP contribution in [-0.4, -0.2) is 40.1 Å². The Morgan fingerprint density at radius 2 is 1.76 bits per heavy atom. The van der Waals surface area contributed by atoms with Gasteiger partial charge >= 0.3 is 8.72 Å². The number of nitrogens with zero attached hydrogens (tertiary/aromatic N) is 1. The molecule has 1 unspecified atom stereocenters. The van der Waals surface area contributed by atoms with Crippen LogP contribution in [0.25, 0.3) is 0 Å². The SMILES string of the molecule is CO[Si](OC)(N1CCCC1C)C(C)(C)C(C)C. The number of hydrogen-bond acceptors (Lipinski definition) is 3. The monoisotopic (exact) mass is 259 g/mol. The Hall–Kier alpha value is 0.0969. The molecule has 0 amide bonds. The van der Waals surface area contributed by atoms with E-state index in [1.165, 1.54) is 12.8 Å². The molecule has 0 aromatic rings.